The normalized spacial score (nSPS) is 10.7. The third-order valence-corrected chi connectivity index (χ3v) is 4.52. The van der Waals surface area contributed by atoms with Crippen LogP contribution in [0.1, 0.15) is 0 Å². The molecule has 0 aliphatic rings. The van der Waals surface area contributed by atoms with E-state index in [-0.39, 0.29) is 0 Å². The third-order valence-electron chi connectivity index (χ3n) is 3.42. The standard InChI is InChI=1S/C18H13N3S/c1-3-7-13(8-4-1)16-11-15-17(19-12-20-18(15)22-16)21-14-9-5-2-6-10-14/h1-12H,(H,19,20,21). The van der Waals surface area contributed by atoms with Gasteiger partial charge in [-0.2, -0.15) is 0 Å². The molecule has 0 unspecified atom stereocenters. The van der Waals surface area contributed by atoms with Gasteiger partial charge in [0.2, 0.25) is 0 Å². The Morgan fingerprint density at radius 2 is 1.55 bits per heavy atom. The van der Waals surface area contributed by atoms with Crippen molar-refractivity contribution >= 4 is 33.1 Å². The zero-order valence-corrected chi connectivity index (χ0v) is 12.5. The van der Waals surface area contributed by atoms with Gasteiger partial charge in [0, 0.05) is 10.6 Å². The van der Waals surface area contributed by atoms with E-state index in [1.807, 2.05) is 36.4 Å². The molecule has 0 bridgehead atoms. The summed E-state index contributed by atoms with van der Waals surface area (Å²) in [6.45, 7) is 0. The molecule has 0 amide bonds. The van der Waals surface area contributed by atoms with Crippen LogP contribution < -0.4 is 5.32 Å². The minimum atomic E-state index is 0.842. The lowest BCUT2D eigenvalue weighted by atomic mass is 10.2. The molecule has 2 aromatic heterocycles. The van der Waals surface area contributed by atoms with E-state index in [9.17, 15) is 0 Å². The zero-order chi connectivity index (χ0) is 14.8. The van der Waals surface area contributed by atoms with Crippen LogP contribution in [0.4, 0.5) is 11.5 Å². The third kappa shape index (κ3) is 2.44. The molecular formula is C18H13N3S. The van der Waals surface area contributed by atoms with E-state index >= 15 is 0 Å². The van der Waals surface area contributed by atoms with Gasteiger partial charge < -0.3 is 5.32 Å². The van der Waals surface area contributed by atoms with Crippen molar-refractivity contribution in [3.63, 3.8) is 0 Å². The van der Waals surface area contributed by atoms with Crippen molar-refractivity contribution in [2.24, 2.45) is 0 Å². The lowest BCUT2D eigenvalue weighted by Gasteiger charge is -2.05. The van der Waals surface area contributed by atoms with Gasteiger partial charge in [-0.15, -0.1) is 11.3 Å². The Morgan fingerprint density at radius 1 is 0.818 bits per heavy atom. The molecule has 3 nitrogen and oxygen atoms in total. The second-order valence-electron chi connectivity index (χ2n) is 4.91. The average Bonchev–Trinajstić information content (AvgIpc) is 3.02. The predicted octanol–water partition coefficient (Wildman–Crippen LogP) is 5.10. The Kier molecular flexibility index (Phi) is 3.29. The maximum atomic E-state index is 4.40. The number of anilines is 2. The molecule has 106 valence electrons. The van der Waals surface area contributed by atoms with Crippen molar-refractivity contribution in [3.8, 4) is 10.4 Å². The van der Waals surface area contributed by atoms with Gasteiger partial charge in [0.05, 0.1) is 5.39 Å². The molecule has 2 heterocycles. The first-order valence-corrected chi connectivity index (χ1v) is 7.84. The molecule has 4 rings (SSSR count). The fraction of sp³-hybridized carbons (Fsp3) is 0. The number of hydrogen-bond acceptors (Lipinski definition) is 4. The summed E-state index contributed by atoms with van der Waals surface area (Å²) in [5, 5.41) is 4.42. The molecule has 22 heavy (non-hydrogen) atoms. The average molecular weight is 303 g/mol. The number of nitrogens with one attached hydrogen (secondary N) is 1. The van der Waals surface area contributed by atoms with Gasteiger partial charge in [0.15, 0.2) is 0 Å². The first-order valence-electron chi connectivity index (χ1n) is 7.02. The summed E-state index contributed by atoms with van der Waals surface area (Å²) in [4.78, 5) is 11.0. The summed E-state index contributed by atoms with van der Waals surface area (Å²) in [5.41, 5.74) is 2.23. The van der Waals surface area contributed by atoms with Crippen LogP contribution in [-0.4, -0.2) is 9.97 Å². The van der Waals surface area contributed by atoms with Crippen LogP contribution in [0.5, 0.6) is 0 Å². The van der Waals surface area contributed by atoms with Crippen molar-refractivity contribution in [1.82, 2.24) is 9.97 Å². The van der Waals surface area contributed by atoms with Crippen molar-refractivity contribution in [1.29, 1.82) is 0 Å². The monoisotopic (exact) mass is 303 g/mol. The van der Waals surface area contributed by atoms with E-state index in [2.05, 4.69) is 45.6 Å². The van der Waals surface area contributed by atoms with E-state index in [1.54, 1.807) is 17.7 Å². The number of benzene rings is 2. The van der Waals surface area contributed by atoms with Gasteiger partial charge in [0.25, 0.3) is 0 Å². The van der Waals surface area contributed by atoms with Crippen LogP contribution in [0.15, 0.2) is 73.1 Å². The van der Waals surface area contributed by atoms with Crippen LogP contribution in [0, 0.1) is 0 Å². The van der Waals surface area contributed by atoms with Crippen LogP contribution in [0.25, 0.3) is 20.7 Å². The topological polar surface area (TPSA) is 37.8 Å². The highest BCUT2D eigenvalue weighted by Crippen LogP contribution is 2.35. The predicted molar refractivity (Wildman–Crippen MR) is 92.6 cm³/mol. The van der Waals surface area contributed by atoms with Crippen molar-refractivity contribution in [2.45, 2.75) is 0 Å². The number of fused-ring (bicyclic) bond motifs is 1. The van der Waals surface area contributed by atoms with Gasteiger partial charge in [-0.1, -0.05) is 48.5 Å². The highest BCUT2D eigenvalue weighted by molar-refractivity contribution is 7.21. The maximum Gasteiger partial charge on any atom is 0.142 e. The van der Waals surface area contributed by atoms with Crippen molar-refractivity contribution in [2.75, 3.05) is 5.32 Å². The Bertz CT molecular complexity index is 901. The molecule has 0 fully saturated rings. The molecule has 0 atom stereocenters. The quantitative estimate of drug-likeness (QED) is 0.572. The molecule has 0 radical (unpaired) electrons. The van der Waals surface area contributed by atoms with Gasteiger partial charge >= 0.3 is 0 Å². The number of para-hydroxylation sites is 1. The minimum absolute atomic E-state index is 0.842. The zero-order valence-electron chi connectivity index (χ0n) is 11.7. The summed E-state index contributed by atoms with van der Waals surface area (Å²) in [6.07, 6.45) is 1.61. The summed E-state index contributed by atoms with van der Waals surface area (Å²) in [5.74, 6) is 0.842. The fourth-order valence-electron chi connectivity index (χ4n) is 2.36. The summed E-state index contributed by atoms with van der Waals surface area (Å²) in [6, 6.07) is 22.6. The second-order valence-corrected chi connectivity index (χ2v) is 5.94. The van der Waals surface area contributed by atoms with E-state index in [4.69, 9.17) is 0 Å². The van der Waals surface area contributed by atoms with Gasteiger partial charge in [-0.05, 0) is 23.8 Å². The molecule has 0 aliphatic heterocycles. The summed E-state index contributed by atoms with van der Waals surface area (Å²) < 4.78 is 0. The van der Waals surface area contributed by atoms with Crippen LogP contribution in [0.3, 0.4) is 0 Å². The first-order chi connectivity index (χ1) is 10.9. The molecule has 4 aromatic rings. The molecule has 4 heteroatoms. The molecule has 0 saturated heterocycles. The molecular weight excluding hydrogens is 290 g/mol. The fourth-order valence-corrected chi connectivity index (χ4v) is 3.36. The minimum Gasteiger partial charge on any atom is -0.340 e. The van der Waals surface area contributed by atoms with Gasteiger partial charge in [0.1, 0.15) is 17.0 Å². The van der Waals surface area contributed by atoms with E-state index in [1.165, 1.54) is 10.4 Å². The highest BCUT2D eigenvalue weighted by Gasteiger charge is 2.10. The van der Waals surface area contributed by atoms with Crippen molar-refractivity contribution < 1.29 is 0 Å². The Labute approximate surface area is 132 Å². The molecule has 0 spiro atoms. The molecule has 1 N–H and O–H groups in total. The number of thiophene rings is 1. The Morgan fingerprint density at radius 3 is 2.32 bits per heavy atom. The van der Waals surface area contributed by atoms with Gasteiger partial charge in [-0.3, -0.25) is 0 Å². The van der Waals surface area contributed by atoms with E-state index in [0.717, 1.165) is 21.7 Å². The Balaban J connectivity index is 1.78. The Hall–Kier alpha value is -2.72. The summed E-state index contributed by atoms with van der Waals surface area (Å²) >= 11 is 1.68. The number of hydrogen-bond donors (Lipinski definition) is 1. The van der Waals surface area contributed by atoms with Crippen LogP contribution in [0.2, 0.25) is 0 Å². The van der Waals surface area contributed by atoms with E-state index < -0.39 is 0 Å². The molecule has 0 aliphatic carbocycles. The number of aromatic nitrogens is 2. The maximum absolute atomic E-state index is 4.40. The second kappa shape index (κ2) is 5.58. The number of nitrogens with zero attached hydrogens (tertiary/aromatic N) is 2. The molecule has 0 saturated carbocycles. The number of rotatable bonds is 3. The van der Waals surface area contributed by atoms with Gasteiger partial charge in [-0.25, -0.2) is 9.97 Å². The van der Waals surface area contributed by atoms with Crippen molar-refractivity contribution in [3.05, 3.63) is 73.1 Å². The lowest BCUT2D eigenvalue weighted by Crippen LogP contribution is -1.93. The van der Waals surface area contributed by atoms with Crippen LogP contribution in [-0.2, 0) is 0 Å². The summed E-state index contributed by atoms with van der Waals surface area (Å²) in [7, 11) is 0. The first kappa shape index (κ1) is 13.0. The van der Waals surface area contributed by atoms with Crippen LogP contribution >= 0.6 is 11.3 Å². The smallest absolute Gasteiger partial charge is 0.142 e. The highest BCUT2D eigenvalue weighted by atomic mass is 32.1. The lowest BCUT2D eigenvalue weighted by molar-refractivity contribution is 1.23. The van der Waals surface area contributed by atoms with E-state index in [0.29, 0.717) is 0 Å². The SMILES string of the molecule is c1ccc(Nc2ncnc3sc(-c4ccccc4)cc23)cc1. The molecule has 2 aromatic carbocycles. The largest absolute Gasteiger partial charge is 0.340 e.